The number of hydrogen-bond donors (Lipinski definition) is 0. The van der Waals surface area contributed by atoms with E-state index in [-0.39, 0.29) is 23.1 Å². The average molecular weight is 234 g/mol. The smallest absolute Gasteiger partial charge is 0.310 e. The molecule has 1 spiro atoms. The second kappa shape index (κ2) is 4.47. The van der Waals surface area contributed by atoms with Gasteiger partial charge in [-0.2, -0.15) is 0 Å². The number of carbonyl (C=O) groups excluding carboxylic acids is 2. The lowest BCUT2D eigenvalue weighted by atomic mass is 9.69. The molecule has 0 saturated heterocycles. The Hall–Kier alpha value is -1.38. The predicted molar refractivity (Wildman–Crippen MR) is 64.3 cm³/mol. The van der Waals surface area contributed by atoms with Gasteiger partial charge in [0, 0.05) is 11.8 Å². The van der Waals surface area contributed by atoms with Gasteiger partial charge in [-0.05, 0) is 32.3 Å². The molecule has 0 radical (unpaired) electrons. The van der Waals surface area contributed by atoms with Crippen LogP contribution in [0.3, 0.4) is 0 Å². The Morgan fingerprint density at radius 2 is 2.35 bits per heavy atom. The molecule has 0 aliphatic heterocycles. The molecule has 1 saturated carbocycles. The van der Waals surface area contributed by atoms with Gasteiger partial charge in [-0.1, -0.05) is 18.2 Å². The first-order chi connectivity index (χ1) is 8.10. The van der Waals surface area contributed by atoms with Crippen LogP contribution in [0.5, 0.6) is 0 Å². The summed E-state index contributed by atoms with van der Waals surface area (Å²) in [5, 5.41) is 0. The van der Waals surface area contributed by atoms with Crippen LogP contribution in [0.1, 0.15) is 32.6 Å². The lowest BCUT2D eigenvalue weighted by molar-refractivity contribution is -0.150. The number of esters is 1. The number of ketones is 1. The standard InChI is InChI=1S/C14H18O3/c1-3-17-13(16)12-5-4-10(2)14(12)8-6-11(15)7-9-14/h6,8,12H,2-5,7,9H2,1H3/t12-,14-/m1/s1. The van der Waals surface area contributed by atoms with E-state index in [1.165, 1.54) is 0 Å². The Labute approximate surface area is 102 Å². The number of hydrogen-bond acceptors (Lipinski definition) is 3. The van der Waals surface area contributed by atoms with Gasteiger partial charge in [0.1, 0.15) is 0 Å². The van der Waals surface area contributed by atoms with Crippen LogP contribution in [-0.4, -0.2) is 18.4 Å². The van der Waals surface area contributed by atoms with Crippen molar-refractivity contribution in [1.82, 2.24) is 0 Å². The van der Waals surface area contributed by atoms with E-state index in [0.29, 0.717) is 19.4 Å². The normalized spacial score (nSPS) is 32.2. The van der Waals surface area contributed by atoms with E-state index in [1.807, 2.05) is 13.0 Å². The molecule has 0 unspecified atom stereocenters. The molecule has 3 nitrogen and oxygen atoms in total. The number of carbonyl (C=O) groups is 2. The van der Waals surface area contributed by atoms with Crippen LogP contribution in [0.15, 0.2) is 24.3 Å². The van der Waals surface area contributed by atoms with Gasteiger partial charge in [-0.15, -0.1) is 0 Å². The summed E-state index contributed by atoms with van der Waals surface area (Å²) in [7, 11) is 0. The molecule has 3 heteroatoms. The van der Waals surface area contributed by atoms with E-state index in [4.69, 9.17) is 4.74 Å². The lowest BCUT2D eigenvalue weighted by Crippen LogP contribution is -2.34. The maximum absolute atomic E-state index is 12.0. The summed E-state index contributed by atoms with van der Waals surface area (Å²) in [6, 6.07) is 0. The van der Waals surface area contributed by atoms with E-state index in [2.05, 4.69) is 6.58 Å². The maximum Gasteiger partial charge on any atom is 0.310 e. The molecule has 2 rings (SSSR count). The summed E-state index contributed by atoms with van der Waals surface area (Å²) in [5.74, 6) is -0.164. The van der Waals surface area contributed by atoms with E-state index < -0.39 is 0 Å². The van der Waals surface area contributed by atoms with Crippen LogP contribution in [0.2, 0.25) is 0 Å². The van der Waals surface area contributed by atoms with E-state index >= 15 is 0 Å². The Kier molecular flexibility index (Phi) is 3.18. The molecule has 0 N–H and O–H groups in total. The minimum atomic E-state index is -0.319. The highest BCUT2D eigenvalue weighted by Crippen LogP contribution is 2.52. The fourth-order valence-corrected chi connectivity index (χ4v) is 2.95. The first kappa shape index (κ1) is 12.1. The Morgan fingerprint density at radius 3 is 2.94 bits per heavy atom. The van der Waals surface area contributed by atoms with Gasteiger partial charge in [0.25, 0.3) is 0 Å². The van der Waals surface area contributed by atoms with Gasteiger partial charge in [0.2, 0.25) is 0 Å². The summed E-state index contributed by atoms with van der Waals surface area (Å²) < 4.78 is 5.13. The summed E-state index contributed by atoms with van der Waals surface area (Å²) in [4.78, 5) is 23.2. The topological polar surface area (TPSA) is 43.4 Å². The van der Waals surface area contributed by atoms with Crippen LogP contribution < -0.4 is 0 Å². The third kappa shape index (κ3) is 1.94. The van der Waals surface area contributed by atoms with Gasteiger partial charge >= 0.3 is 5.97 Å². The molecule has 0 aromatic carbocycles. The highest BCUT2D eigenvalue weighted by Gasteiger charge is 2.49. The quantitative estimate of drug-likeness (QED) is 0.544. The monoisotopic (exact) mass is 234 g/mol. The molecule has 0 amide bonds. The second-order valence-electron chi connectivity index (χ2n) is 4.79. The van der Waals surface area contributed by atoms with Gasteiger partial charge in [0.15, 0.2) is 5.78 Å². The molecule has 0 bridgehead atoms. The van der Waals surface area contributed by atoms with Gasteiger partial charge in [0.05, 0.1) is 12.5 Å². The SMILES string of the molecule is C=C1CC[C@H](C(=O)OCC)[C@@]12C=CC(=O)CC2. The highest BCUT2D eigenvalue weighted by molar-refractivity contribution is 5.91. The third-order valence-electron chi connectivity index (χ3n) is 3.94. The van der Waals surface area contributed by atoms with Crippen molar-refractivity contribution in [3.63, 3.8) is 0 Å². The predicted octanol–water partition coefficient (Wildman–Crippen LogP) is 2.42. The van der Waals surface area contributed by atoms with Crippen molar-refractivity contribution >= 4 is 11.8 Å². The molecule has 1 fully saturated rings. The molecule has 2 atom stereocenters. The summed E-state index contributed by atoms with van der Waals surface area (Å²) >= 11 is 0. The van der Waals surface area contributed by atoms with Gasteiger partial charge in [-0.3, -0.25) is 9.59 Å². The fraction of sp³-hybridized carbons (Fsp3) is 0.571. The van der Waals surface area contributed by atoms with Crippen molar-refractivity contribution in [2.24, 2.45) is 11.3 Å². The van der Waals surface area contributed by atoms with Crippen molar-refractivity contribution < 1.29 is 14.3 Å². The first-order valence-corrected chi connectivity index (χ1v) is 6.17. The van der Waals surface area contributed by atoms with E-state index in [9.17, 15) is 9.59 Å². The number of rotatable bonds is 2. The second-order valence-corrected chi connectivity index (χ2v) is 4.79. The van der Waals surface area contributed by atoms with E-state index in [1.54, 1.807) is 6.08 Å². The maximum atomic E-state index is 12.0. The molecule has 0 aromatic heterocycles. The molecule has 0 aromatic rings. The van der Waals surface area contributed by atoms with Crippen LogP contribution in [0.4, 0.5) is 0 Å². The Bertz CT molecular complexity index is 394. The van der Waals surface area contributed by atoms with Gasteiger partial charge < -0.3 is 4.74 Å². The highest BCUT2D eigenvalue weighted by atomic mass is 16.5. The zero-order valence-electron chi connectivity index (χ0n) is 10.2. The van der Waals surface area contributed by atoms with Crippen LogP contribution in [-0.2, 0) is 14.3 Å². The van der Waals surface area contributed by atoms with Crippen LogP contribution in [0.25, 0.3) is 0 Å². The molecule has 0 heterocycles. The molecule has 17 heavy (non-hydrogen) atoms. The van der Waals surface area contributed by atoms with Crippen LogP contribution >= 0.6 is 0 Å². The minimum absolute atomic E-state index is 0.137. The molecular formula is C14H18O3. The Morgan fingerprint density at radius 1 is 1.59 bits per heavy atom. The van der Waals surface area contributed by atoms with Crippen molar-refractivity contribution in [2.75, 3.05) is 6.61 Å². The molecular weight excluding hydrogens is 216 g/mol. The largest absolute Gasteiger partial charge is 0.466 e. The zero-order chi connectivity index (χ0) is 12.5. The zero-order valence-corrected chi connectivity index (χ0v) is 10.2. The third-order valence-corrected chi connectivity index (χ3v) is 3.94. The van der Waals surface area contributed by atoms with Crippen LogP contribution in [0, 0.1) is 11.3 Å². The van der Waals surface area contributed by atoms with Crippen molar-refractivity contribution in [3.05, 3.63) is 24.3 Å². The average Bonchev–Trinajstić information content (AvgIpc) is 2.62. The van der Waals surface area contributed by atoms with Crippen molar-refractivity contribution in [2.45, 2.75) is 32.6 Å². The molecule has 92 valence electrons. The minimum Gasteiger partial charge on any atom is -0.466 e. The number of ether oxygens (including phenoxy) is 1. The number of allylic oxidation sites excluding steroid dienone is 3. The van der Waals surface area contributed by atoms with E-state index in [0.717, 1.165) is 18.4 Å². The first-order valence-electron chi connectivity index (χ1n) is 6.17. The molecule has 2 aliphatic carbocycles. The fourth-order valence-electron chi connectivity index (χ4n) is 2.95. The van der Waals surface area contributed by atoms with Crippen molar-refractivity contribution in [3.8, 4) is 0 Å². The summed E-state index contributed by atoms with van der Waals surface area (Å²) in [6.45, 7) is 6.30. The van der Waals surface area contributed by atoms with Gasteiger partial charge in [-0.25, -0.2) is 0 Å². The summed E-state index contributed by atoms with van der Waals surface area (Å²) in [6.07, 6.45) is 6.33. The lowest BCUT2D eigenvalue weighted by Gasteiger charge is -2.34. The Balaban J connectivity index is 2.28. The molecule has 2 aliphatic rings. The van der Waals surface area contributed by atoms with Crippen molar-refractivity contribution in [1.29, 1.82) is 0 Å². The summed E-state index contributed by atoms with van der Waals surface area (Å²) in [5.41, 5.74) is 0.750.